The summed E-state index contributed by atoms with van der Waals surface area (Å²) in [5.74, 6) is 0.499. The summed E-state index contributed by atoms with van der Waals surface area (Å²) in [6, 6.07) is 6.32. The molecular weight excluding hydrogens is 271 g/mol. The molecule has 0 atom stereocenters. The second-order valence-corrected chi connectivity index (χ2v) is 4.11. The number of nitrogens with zero attached hydrogens (tertiary/aromatic N) is 2. The topological polar surface area (TPSA) is 61.0 Å². The first kappa shape index (κ1) is 14.3. The molecule has 1 aromatic heterocycles. The summed E-state index contributed by atoms with van der Waals surface area (Å²) in [7, 11) is 1.47. The van der Waals surface area contributed by atoms with Crippen LogP contribution >= 0.6 is 0 Å². The van der Waals surface area contributed by atoms with E-state index in [1.165, 1.54) is 25.3 Å². The highest BCUT2D eigenvalue weighted by Gasteiger charge is 2.30. The van der Waals surface area contributed by atoms with Crippen LogP contribution in [0.25, 0.3) is 11.3 Å². The molecule has 0 aliphatic rings. The van der Waals surface area contributed by atoms with Crippen molar-refractivity contribution in [3.63, 3.8) is 0 Å². The first-order valence-corrected chi connectivity index (χ1v) is 5.70. The largest absolute Gasteiger partial charge is 0.416 e. The van der Waals surface area contributed by atoms with E-state index in [2.05, 4.69) is 9.97 Å². The molecule has 0 amide bonds. The minimum atomic E-state index is -4.40. The van der Waals surface area contributed by atoms with E-state index >= 15 is 0 Å². The van der Waals surface area contributed by atoms with E-state index in [1.54, 1.807) is 0 Å². The number of nitrogen functional groups attached to an aromatic ring is 1. The van der Waals surface area contributed by atoms with Crippen LogP contribution in [0.1, 0.15) is 11.4 Å². The fourth-order valence-corrected chi connectivity index (χ4v) is 1.71. The molecule has 106 valence electrons. The normalized spacial score (nSPS) is 11.6. The number of rotatable bonds is 3. The van der Waals surface area contributed by atoms with Crippen LogP contribution in [0.5, 0.6) is 0 Å². The molecule has 2 aromatic rings. The van der Waals surface area contributed by atoms with Crippen LogP contribution in [0.3, 0.4) is 0 Å². The molecule has 2 rings (SSSR count). The third kappa shape index (κ3) is 3.24. The fourth-order valence-electron chi connectivity index (χ4n) is 1.71. The van der Waals surface area contributed by atoms with Gasteiger partial charge in [-0.25, -0.2) is 9.97 Å². The monoisotopic (exact) mass is 283 g/mol. The maximum absolute atomic E-state index is 12.7. The molecule has 0 aliphatic heterocycles. The number of benzene rings is 1. The molecule has 0 bridgehead atoms. The molecule has 0 unspecified atom stereocenters. The lowest BCUT2D eigenvalue weighted by molar-refractivity contribution is -0.137. The van der Waals surface area contributed by atoms with Gasteiger partial charge in [-0.05, 0) is 12.1 Å². The average molecular weight is 283 g/mol. The number of hydrogen-bond donors (Lipinski definition) is 1. The van der Waals surface area contributed by atoms with Gasteiger partial charge in [0, 0.05) is 18.7 Å². The van der Waals surface area contributed by atoms with E-state index < -0.39 is 11.7 Å². The Morgan fingerprint density at radius 3 is 2.60 bits per heavy atom. The van der Waals surface area contributed by atoms with Gasteiger partial charge in [0.15, 0.2) is 5.82 Å². The van der Waals surface area contributed by atoms with Crippen molar-refractivity contribution in [2.45, 2.75) is 12.8 Å². The molecule has 2 N–H and O–H groups in total. The van der Waals surface area contributed by atoms with E-state index in [4.69, 9.17) is 10.5 Å². The third-order valence-corrected chi connectivity index (χ3v) is 2.55. The maximum Gasteiger partial charge on any atom is 0.416 e. The van der Waals surface area contributed by atoms with Gasteiger partial charge in [0.05, 0.1) is 11.3 Å². The van der Waals surface area contributed by atoms with Crippen molar-refractivity contribution in [3.05, 3.63) is 41.7 Å². The van der Waals surface area contributed by atoms with Crippen molar-refractivity contribution in [2.24, 2.45) is 0 Å². The molecular formula is C13H12F3N3O. The Morgan fingerprint density at radius 2 is 1.95 bits per heavy atom. The Labute approximate surface area is 113 Å². The number of ether oxygens (including phenoxy) is 1. The van der Waals surface area contributed by atoms with Crippen LogP contribution in [0.15, 0.2) is 30.3 Å². The molecule has 1 heterocycles. The average Bonchev–Trinajstić information content (AvgIpc) is 2.37. The van der Waals surface area contributed by atoms with Gasteiger partial charge in [-0.1, -0.05) is 12.1 Å². The summed E-state index contributed by atoms with van der Waals surface area (Å²) >= 11 is 0. The molecule has 0 fully saturated rings. The minimum Gasteiger partial charge on any atom is -0.384 e. The van der Waals surface area contributed by atoms with Gasteiger partial charge < -0.3 is 10.5 Å². The van der Waals surface area contributed by atoms with Gasteiger partial charge in [-0.3, -0.25) is 0 Å². The van der Waals surface area contributed by atoms with E-state index in [1.807, 2.05) is 0 Å². The Kier molecular flexibility index (Phi) is 3.89. The third-order valence-electron chi connectivity index (χ3n) is 2.55. The van der Waals surface area contributed by atoms with Crippen molar-refractivity contribution in [1.29, 1.82) is 0 Å². The SMILES string of the molecule is COCc1nc(N)cc(-c2cccc(C(F)(F)F)c2)n1. The predicted octanol–water partition coefficient (Wildman–Crippen LogP) is 2.89. The molecule has 20 heavy (non-hydrogen) atoms. The zero-order valence-electron chi connectivity index (χ0n) is 10.6. The molecule has 0 radical (unpaired) electrons. The van der Waals surface area contributed by atoms with E-state index in [-0.39, 0.29) is 12.4 Å². The van der Waals surface area contributed by atoms with Crippen molar-refractivity contribution in [3.8, 4) is 11.3 Å². The Hall–Kier alpha value is -2.15. The van der Waals surface area contributed by atoms with Crippen LogP contribution < -0.4 is 5.73 Å². The highest BCUT2D eigenvalue weighted by molar-refractivity contribution is 5.62. The highest BCUT2D eigenvalue weighted by Crippen LogP contribution is 2.31. The number of nitrogens with two attached hydrogens (primary N) is 1. The fraction of sp³-hybridized carbons (Fsp3) is 0.231. The maximum atomic E-state index is 12.7. The van der Waals surface area contributed by atoms with Gasteiger partial charge in [-0.15, -0.1) is 0 Å². The molecule has 0 saturated heterocycles. The Bertz CT molecular complexity index is 614. The van der Waals surface area contributed by atoms with Crippen LogP contribution in [0, 0.1) is 0 Å². The lowest BCUT2D eigenvalue weighted by atomic mass is 10.1. The van der Waals surface area contributed by atoms with Crippen LogP contribution in [0.4, 0.5) is 19.0 Å². The molecule has 4 nitrogen and oxygen atoms in total. The first-order chi connectivity index (χ1) is 9.40. The number of aromatic nitrogens is 2. The van der Waals surface area contributed by atoms with Crippen molar-refractivity contribution < 1.29 is 17.9 Å². The highest BCUT2D eigenvalue weighted by atomic mass is 19.4. The standard InChI is InChI=1S/C13H12F3N3O/c1-20-7-12-18-10(6-11(17)19-12)8-3-2-4-9(5-8)13(14,15)16/h2-6H,7H2,1H3,(H2,17,18,19). The van der Waals surface area contributed by atoms with Crippen LogP contribution in [-0.2, 0) is 17.5 Å². The zero-order valence-corrected chi connectivity index (χ0v) is 10.6. The van der Waals surface area contributed by atoms with Crippen LogP contribution in [0.2, 0.25) is 0 Å². The first-order valence-electron chi connectivity index (χ1n) is 5.70. The second-order valence-electron chi connectivity index (χ2n) is 4.11. The summed E-state index contributed by atoms with van der Waals surface area (Å²) in [5, 5.41) is 0. The number of anilines is 1. The smallest absolute Gasteiger partial charge is 0.384 e. The number of methoxy groups -OCH3 is 1. The lowest BCUT2D eigenvalue weighted by Crippen LogP contribution is -2.05. The van der Waals surface area contributed by atoms with Crippen LogP contribution in [-0.4, -0.2) is 17.1 Å². The number of halogens is 3. The lowest BCUT2D eigenvalue weighted by Gasteiger charge is -2.09. The summed E-state index contributed by atoms with van der Waals surface area (Å²) in [5.41, 5.74) is 5.54. The van der Waals surface area contributed by atoms with Gasteiger partial charge in [0.25, 0.3) is 0 Å². The van der Waals surface area contributed by atoms with Gasteiger partial charge >= 0.3 is 6.18 Å². The molecule has 0 saturated carbocycles. The Balaban J connectivity index is 2.46. The van der Waals surface area contributed by atoms with Gasteiger partial charge in [-0.2, -0.15) is 13.2 Å². The van der Waals surface area contributed by atoms with Gasteiger partial charge in [0.1, 0.15) is 12.4 Å². The molecule has 0 spiro atoms. The summed E-state index contributed by atoms with van der Waals surface area (Å²) < 4.78 is 42.9. The van der Waals surface area contributed by atoms with Crippen molar-refractivity contribution in [2.75, 3.05) is 12.8 Å². The molecule has 7 heteroatoms. The molecule has 1 aromatic carbocycles. The van der Waals surface area contributed by atoms with E-state index in [9.17, 15) is 13.2 Å². The summed E-state index contributed by atoms with van der Waals surface area (Å²) in [4.78, 5) is 8.07. The summed E-state index contributed by atoms with van der Waals surface area (Å²) in [6.07, 6.45) is -4.40. The quantitative estimate of drug-likeness (QED) is 0.940. The molecule has 0 aliphatic carbocycles. The van der Waals surface area contributed by atoms with E-state index in [0.29, 0.717) is 17.1 Å². The Morgan fingerprint density at radius 1 is 1.20 bits per heavy atom. The zero-order chi connectivity index (χ0) is 14.8. The van der Waals surface area contributed by atoms with Crippen molar-refractivity contribution in [1.82, 2.24) is 9.97 Å². The predicted molar refractivity (Wildman–Crippen MR) is 67.6 cm³/mol. The van der Waals surface area contributed by atoms with E-state index in [0.717, 1.165) is 12.1 Å². The number of hydrogen-bond acceptors (Lipinski definition) is 4. The van der Waals surface area contributed by atoms with Crippen molar-refractivity contribution >= 4 is 5.82 Å². The minimum absolute atomic E-state index is 0.136. The van der Waals surface area contributed by atoms with Gasteiger partial charge in [0.2, 0.25) is 0 Å². The summed E-state index contributed by atoms with van der Waals surface area (Å²) in [6.45, 7) is 0.136. The second kappa shape index (κ2) is 5.46. The number of alkyl halides is 3.